The lowest BCUT2D eigenvalue weighted by Gasteiger charge is -2.17. The summed E-state index contributed by atoms with van der Waals surface area (Å²) in [5.74, 6) is 0. The van der Waals surface area contributed by atoms with Gasteiger partial charge in [0.25, 0.3) is 0 Å². The van der Waals surface area contributed by atoms with Crippen LogP contribution in [-0.4, -0.2) is 9.38 Å². The van der Waals surface area contributed by atoms with Gasteiger partial charge < -0.3 is 10.1 Å². The van der Waals surface area contributed by atoms with Crippen LogP contribution in [0.2, 0.25) is 5.02 Å². The van der Waals surface area contributed by atoms with Crippen molar-refractivity contribution < 1.29 is 0 Å². The first-order valence-electron chi connectivity index (χ1n) is 5.72. The zero-order valence-corrected chi connectivity index (χ0v) is 11.5. The van der Waals surface area contributed by atoms with Crippen molar-refractivity contribution in [1.82, 2.24) is 9.38 Å². The van der Waals surface area contributed by atoms with Crippen LogP contribution < -0.4 is 5.73 Å². The number of halogens is 1. The Morgan fingerprint density at radius 3 is 2.59 bits per heavy atom. The Morgan fingerprint density at radius 1 is 1.41 bits per heavy atom. The Bertz CT molecular complexity index is 564. The number of aromatic nitrogens is 2. The maximum Gasteiger partial charge on any atom is 0.140 e. The average molecular weight is 252 g/mol. The molecule has 0 saturated carbocycles. The minimum atomic E-state index is -0.0142. The van der Waals surface area contributed by atoms with Crippen LogP contribution in [0, 0.1) is 6.92 Å². The SMILES string of the molecule is Cc1cc(Cl)cn2c(CN)c(C(C)(C)C)nc12. The zero-order valence-electron chi connectivity index (χ0n) is 10.7. The molecule has 0 atom stereocenters. The summed E-state index contributed by atoms with van der Waals surface area (Å²) in [5, 5.41) is 0.711. The lowest BCUT2D eigenvalue weighted by Crippen LogP contribution is -2.16. The molecule has 2 aromatic heterocycles. The van der Waals surface area contributed by atoms with E-state index in [9.17, 15) is 0 Å². The third-order valence-electron chi connectivity index (χ3n) is 2.87. The standard InChI is InChI=1S/C13H18ClN3/c1-8-5-9(14)7-17-10(6-15)11(13(2,3)4)16-12(8)17/h5,7H,6,15H2,1-4H3. The maximum atomic E-state index is 6.09. The minimum Gasteiger partial charge on any atom is -0.325 e. The highest BCUT2D eigenvalue weighted by atomic mass is 35.5. The quantitative estimate of drug-likeness (QED) is 0.847. The molecule has 0 spiro atoms. The number of aryl methyl sites for hydroxylation is 1. The molecule has 0 aliphatic carbocycles. The Balaban J connectivity index is 2.85. The highest BCUT2D eigenvalue weighted by molar-refractivity contribution is 6.30. The van der Waals surface area contributed by atoms with Crippen LogP contribution in [0.5, 0.6) is 0 Å². The first kappa shape index (κ1) is 12.4. The van der Waals surface area contributed by atoms with E-state index in [1.807, 2.05) is 23.6 Å². The lowest BCUT2D eigenvalue weighted by molar-refractivity contribution is 0.564. The van der Waals surface area contributed by atoms with E-state index in [1.165, 1.54) is 0 Å². The molecule has 0 aromatic carbocycles. The van der Waals surface area contributed by atoms with E-state index >= 15 is 0 Å². The van der Waals surface area contributed by atoms with Crippen LogP contribution in [0.4, 0.5) is 0 Å². The third kappa shape index (κ3) is 2.05. The number of nitrogens with two attached hydrogens (primary N) is 1. The summed E-state index contributed by atoms with van der Waals surface area (Å²) in [5.41, 5.74) is 9.94. The van der Waals surface area contributed by atoms with E-state index in [1.54, 1.807) is 0 Å². The van der Waals surface area contributed by atoms with E-state index in [2.05, 4.69) is 20.8 Å². The van der Waals surface area contributed by atoms with Crippen molar-refractivity contribution in [1.29, 1.82) is 0 Å². The van der Waals surface area contributed by atoms with E-state index in [-0.39, 0.29) is 5.41 Å². The molecule has 3 nitrogen and oxygen atoms in total. The number of hydrogen-bond acceptors (Lipinski definition) is 2. The molecule has 0 unspecified atom stereocenters. The van der Waals surface area contributed by atoms with Crippen molar-refractivity contribution in [2.45, 2.75) is 39.7 Å². The summed E-state index contributed by atoms with van der Waals surface area (Å²) in [6.45, 7) is 8.91. The van der Waals surface area contributed by atoms with Gasteiger partial charge in [-0.05, 0) is 18.6 Å². The Labute approximate surface area is 107 Å². The van der Waals surface area contributed by atoms with Crippen molar-refractivity contribution in [3.63, 3.8) is 0 Å². The molecule has 0 bridgehead atoms. The fraction of sp³-hybridized carbons (Fsp3) is 0.462. The van der Waals surface area contributed by atoms with E-state index in [0.29, 0.717) is 11.6 Å². The van der Waals surface area contributed by atoms with Gasteiger partial charge in [-0.3, -0.25) is 0 Å². The smallest absolute Gasteiger partial charge is 0.140 e. The molecular formula is C13H18ClN3. The molecule has 0 amide bonds. The summed E-state index contributed by atoms with van der Waals surface area (Å²) in [6.07, 6.45) is 1.88. The molecule has 0 radical (unpaired) electrons. The summed E-state index contributed by atoms with van der Waals surface area (Å²) < 4.78 is 2.01. The summed E-state index contributed by atoms with van der Waals surface area (Å²) >= 11 is 6.09. The molecule has 0 fully saturated rings. The van der Waals surface area contributed by atoms with Crippen LogP contribution >= 0.6 is 11.6 Å². The van der Waals surface area contributed by atoms with E-state index in [0.717, 1.165) is 22.6 Å². The first-order valence-corrected chi connectivity index (χ1v) is 6.10. The van der Waals surface area contributed by atoms with Crippen LogP contribution in [0.25, 0.3) is 5.65 Å². The Kier molecular flexibility index (Phi) is 2.92. The molecule has 2 N–H and O–H groups in total. The van der Waals surface area contributed by atoms with Gasteiger partial charge in [-0.15, -0.1) is 0 Å². The maximum absolute atomic E-state index is 6.09. The largest absolute Gasteiger partial charge is 0.325 e. The highest BCUT2D eigenvalue weighted by Gasteiger charge is 2.23. The van der Waals surface area contributed by atoms with Crippen LogP contribution in [-0.2, 0) is 12.0 Å². The van der Waals surface area contributed by atoms with Crippen molar-refractivity contribution in [2.75, 3.05) is 0 Å². The van der Waals surface area contributed by atoms with Gasteiger partial charge in [-0.25, -0.2) is 4.98 Å². The molecule has 92 valence electrons. The van der Waals surface area contributed by atoms with Crippen LogP contribution in [0.15, 0.2) is 12.3 Å². The number of nitrogens with zero attached hydrogens (tertiary/aromatic N) is 2. The molecule has 2 heterocycles. The monoisotopic (exact) mass is 251 g/mol. The van der Waals surface area contributed by atoms with Crippen LogP contribution in [0.1, 0.15) is 37.7 Å². The summed E-state index contributed by atoms with van der Waals surface area (Å²) in [4.78, 5) is 4.72. The van der Waals surface area contributed by atoms with Gasteiger partial charge in [-0.2, -0.15) is 0 Å². The van der Waals surface area contributed by atoms with Gasteiger partial charge in [0, 0.05) is 18.2 Å². The molecule has 2 aromatic rings. The second-order valence-electron chi connectivity index (χ2n) is 5.40. The van der Waals surface area contributed by atoms with E-state index in [4.69, 9.17) is 22.3 Å². The van der Waals surface area contributed by atoms with Crippen molar-refractivity contribution in [3.05, 3.63) is 34.2 Å². The summed E-state index contributed by atoms with van der Waals surface area (Å²) in [6, 6.07) is 1.93. The predicted octanol–water partition coefficient (Wildman–Crippen LogP) is 3.05. The molecule has 4 heteroatoms. The van der Waals surface area contributed by atoms with E-state index < -0.39 is 0 Å². The average Bonchev–Trinajstić information content (AvgIpc) is 2.55. The van der Waals surface area contributed by atoms with Gasteiger partial charge in [-0.1, -0.05) is 32.4 Å². The lowest BCUT2D eigenvalue weighted by atomic mass is 9.91. The zero-order chi connectivity index (χ0) is 12.8. The molecular weight excluding hydrogens is 234 g/mol. The molecule has 0 aliphatic heterocycles. The number of pyridine rings is 1. The van der Waals surface area contributed by atoms with Crippen molar-refractivity contribution in [3.8, 4) is 0 Å². The predicted molar refractivity (Wildman–Crippen MR) is 71.5 cm³/mol. The normalized spacial score (nSPS) is 12.4. The first-order chi connectivity index (χ1) is 7.84. The number of rotatable bonds is 1. The van der Waals surface area contributed by atoms with Crippen LogP contribution in [0.3, 0.4) is 0 Å². The van der Waals surface area contributed by atoms with Gasteiger partial charge in [0.1, 0.15) is 5.65 Å². The highest BCUT2D eigenvalue weighted by Crippen LogP contribution is 2.28. The Morgan fingerprint density at radius 2 is 2.06 bits per heavy atom. The molecule has 2 rings (SSSR count). The van der Waals surface area contributed by atoms with Gasteiger partial charge in [0.15, 0.2) is 0 Å². The number of hydrogen-bond donors (Lipinski definition) is 1. The fourth-order valence-electron chi connectivity index (χ4n) is 2.11. The molecule has 0 aliphatic rings. The van der Waals surface area contributed by atoms with Gasteiger partial charge in [0.2, 0.25) is 0 Å². The number of fused-ring (bicyclic) bond motifs is 1. The second kappa shape index (κ2) is 4.00. The third-order valence-corrected chi connectivity index (χ3v) is 3.08. The van der Waals surface area contributed by atoms with Crippen molar-refractivity contribution in [2.24, 2.45) is 5.73 Å². The van der Waals surface area contributed by atoms with Gasteiger partial charge >= 0.3 is 0 Å². The molecule has 0 saturated heterocycles. The Hall–Kier alpha value is -1.06. The summed E-state index contributed by atoms with van der Waals surface area (Å²) in [7, 11) is 0. The fourth-order valence-corrected chi connectivity index (χ4v) is 2.37. The topological polar surface area (TPSA) is 43.3 Å². The minimum absolute atomic E-state index is 0.0142. The second-order valence-corrected chi connectivity index (χ2v) is 5.83. The molecule has 17 heavy (non-hydrogen) atoms. The van der Waals surface area contributed by atoms with Crippen molar-refractivity contribution >= 4 is 17.2 Å². The number of imidazole rings is 1. The van der Waals surface area contributed by atoms with Gasteiger partial charge in [0.05, 0.1) is 16.4 Å².